The van der Waals surface area contributed by atoms with Crippen LogP contribution in [-0.2, 0) is 11.2 Å². The van der Waals surface area contributed by atoms with Crippen molar-refractivity contribution in [2.45, 2.75) is 96.2 Å². The molecule has 1 saturated heterocycles. The van der Waals surface area contributed by atoms with Gasteiger partial charge in [-0.1, -0.05) is 38.8 Å². The van der Waals surface area contributed by atoms with Crippen molar-refractivity contribution in [2.75, 3.05) is 0 Å². The minimum absolute atomic E-state index is 0.161. The highest BCUT2D eigenvalue weighted by atomic mass is 19.2. The van der Waals surface area contributed by atoms with Crippen molar-refractivity contribution in [2.24, 2.45) is 5.92 Å². The molecule has 0 N–H and O–H groups in total. The molecule has 1 aromatic carbocycles. The molecule has 2 fully saturated rings. The topological polar surface area (TPSA) is 9.23 Å². The first-order valence-corrected chi connectivity index (χ1v) is 10.3. The average molecular weight is 350 g/mol. The van der Waals surface area contributed by atoms with Crippen molar-refractivity contribution in [1.82, 2.24) is 0 Å². The second-order valence-corrected chi connectivity index (χ2v) is 7.97. The Morgan fingerprint density at radius 3 is 2.36 bits per heavy atom. The van der Waals surface area contributed by atoms with Crippen LogP contribution in [0.4, 0.5) is 8.78 Å². The molecule has 25 heavy (non-hydrogen) atoms. The van der Waals surface area contributed by atoms with E-state index in [9.17, 15) is 8.78 Å². The lowest BCUT2D eigenvalue weighted by Crippen LogP contribution is -2.26. The van der Waals surface area contributed by atoms with E-state index in [1.54, 1.807) is 6.07 Å². The Bertz CT molecular complexity index is 563. The molecular weight excluding hydrogens is 318 g/mol. The Hall–Kier alpha value is -0.960. The number of aryl methyl sites for hydroxylation is 1. The first kappa shape index (κ1) is 18.8. The van der Waals surface area contributed by atoms with Gasteiger partial charge in [0.05, 0.1) is 12.2 Å². The molecule has 1 heterocycles. The molecule has 0 radical (unpaired) electrons. The zero-order chi connectivity index (χ0) is 17.8. The Kier molecular flexibility index (Phi) is 6.49. The lowest BCUT2D eigenvalue weighted by molar-refractivity contribution is -0.00435. The molecule has 1 aliphatic carbocycles. The summed E-state index contributed by atoms with van der Waals surface area (Å²) in [4.78, 5) is 0. The van der Waals surface area contributed by atoms with Crippen LogP contribution in [0.5, 0.6) is 0 Å². The fraction of sp³-hybridized carbons (Fsp3) is 0.727. The Morgan fingerprint density at radius 1 is 0.920 bits per heavy atom. The van der Waals surface area contributed by atoms with Crippen LogP contribution in [0.2, 0.25) is 0 Å². The highest BCUT2D eigenvalue weighted by Gasteiger charge is 2.34. The minimum Gasteiger partial charge on any atom is -0.375 e. The largest absolute Gasteiger partial charge is 0.375 e. The molecule has 2 atom stereocenters. The Morgan fingerprint density at radius 2 is 1.68 bits per heavy atom. The summed E-state index contributed by atoms with van der Waals surface area (Å²) in [5.41, 5.74) is 1.10. The molecule has 1 aliphatic heterocycles. The number of hydrogen-bond donors (Lipinski definition) is 0. The van der Waals surface area contributed by atoms with Crippen molar-refractivity contribution in [3.63, 3.8) is 0 Å². The standard InChI is InChI=1S/C22H32F2O/c1-3-5-17-11-13-19(22(24)21(17)23)15-7-9-16(10-8-15)20-14-12-18(25-20)6-4-2/h11,13,15-16,18,20H,3-10,12,14H2,1-2H3. The van der Waals surface area contributed by atoms with Gasteiger partial charge in [-0.05, 0) is 74.3 Å². The van der Waals surface area contributed by atoms with E-state index < -0.39 is 11.6 Å². The van der Waals surface area contributed by atoms with Gasteiger partial charge < -0.3 is 4.74 Å². The van der Waals surface area contributed by atoms with Gasteiger partial charge in [0.25, 0.3) is 0 Å². The summed E-state index contributed by atoms with van der Waals surface area (Å²) < 4.78 is 35.0. The van der Waals surface area contributed by atoms with E-state index in [4.69, 9.17) is 4.74 Å². The first-order valence-electron chi connectivity index (χ1n) is 10.3. The predicted molar refractivity (Wildman–Crippen MR) is 97.9 cm³/mol. The fourth-order valence-corrected chi connectivity index (χ4v) is 4.80. The molecule has 140 valence electrons. The maximum atomic E-state index is 14.5. The molecule has 0 aromatic heterocycles. The van der Waals surface area contributed by atoms with Crippen molar-refractivity contribution in [1.29, 1.82) is 0 Å². The molecule has 1 saturated carbocycles. The average Bonchev–Trinajstić information content (AvgIpc) is 3.09. The van der Waals surface area contributed by atoms with Gasteiger partial charge in [0.15, 0.2) is 11.6 Å². The van der Waals surface area contributed by atoms with Crippen molar-refractivity contribution < 1.29 is 13.5 Å². The minimum atomic E-state index is -0.622. The van der Waals surface area contributed by atoms with Crippen LogP contribution in [0.15, 0.2) is 12.1 Å². The monoisotopic (exact) mass is 350 g/mol. The van der Waals surface area contributed by atoms with E-state index in [1.807, 2.05) is 13.0 Å². The number of benzene rings is 1. The fourth-order valence-electron chi connectivity index (χ4n) is 4.80. The summed E-state index contributed by atoms with van der Waals surface area (Å²) in [6.45, 7) is 4.20. The van der Waals surface area contributed by atoms with Gasteiger partial charge >= 0.3 is 0 Å². The number of rotatable bonds is 6. The van der Waals surface area contributed by atoms with Crippen LogP contribution in [0.3, 0.4) is 0 Å². The van der Waals surface area contributed by atoms with Crippen LogP contribution in [0, 0.1) is 17.6 Å². The Balaban J connectivity index is 1.58. The van der Waals surface area contributed by atoms with E-state index in [-0.39, 0.29) is 5.92 Å². The van der Waals surface area contributed by atoms with Crippen molar-refractivity contribution in [3.8, 4) is 0 Å². The van der Waals surface area contributed by atoms with Crippen LogP contribution in [-0.4, -0.2) is 12.2 Å². The second kappa shape index (κ2) is 8.62. The van der Waals surface area contributed by atoms with E-state index in [1.165, 1.54) is 25.7 Å². The normalized spacial score (nSPS) is 29.9. The third-order valence-electron chi connectivity index (χ3n) is 6.20. The smallest absolute Gasteiger partial charge is 0.162 e. The van der Waals surface area contributed by atoms with Crippen LogP contribution in [0.1, 0.15) is 88.7 Å². The Labute approximate surface area is 151 Å². The lowest BCUT2D eigenvalue weighted by Gasteiger charge is -2.32. The number of ether oxygens (including phenoxy) is 1. The summed E-state index contributed by atoms with van der Waals surface area (Å²) in [5.74, 6) is -0.461. The highest BCUT2D eigenvalue weighted by Crippen LogP contribution is 2.42. The van der Waals surface area contributed by atoms with E-state index in [0.29, 0.717) is 35.7 Å². The molecule has 1 nitrogen and oxygen atoms in total. The number of hydrogen-bond acceptors (Lipinski definition) is 1. The van der Waals surface area contributed by atoms with Gasteiger partial charge in [-0.2, -0.15) is 0 Å². The molecule has 2 aliphatic rings. The summed E-state index contributed by atoms with van der Waals surface area (Å²) >= 11 is 0. The molecule has 0 bridgehead atoms. The van der Waals surface area contributed by atoms with Crippen molar-refractivity contribution in [3.05, 3.63) is 34.9 Å². The van der Waals surface area contributed by atoms with Gasteiger partial charge in [0.1, 0.15) is 0 Å². The van der Waals surface area contributed by atoms with Gasteiger partial charge in [-0.25, -0.2) is 8.78 Å². The van der Waals surface area contributed by atoms with Crippen LogP contribution in [0.25, 0.3) is 0 Å². The summed E-state index contributed by atoms with van der Waals surface area (Å²) in [6.07, 6.45) is 11.1. The highest BCUT2D eigenvalue weighted by molar-refractivity contribution is 5.29. The first-order chi connectivity index (χ1) is 12.1. The molecule has 3 rings (SSSR count). The van der Waals surface area contributed by atoms with Gasteiger partial charge in [0, 0.05) is 0 Å². The quantitative estimate of drug-likeness (QED) is 0.566. The van der Waals surface area contributed by atoms with Crippen LogP contribution >= 0.6 is 0 Å². The number of halogens is 2. The SMILES string of the molecule is CCCc1ccc(C2CCC(C3CCC(CCC)O3)CC2)c(F)c1F. The summed E-state index contributed by atoms with van der Waals surface area (Å²) in [5, 5.41) is 0. The zero-order valence-corrected chi connectivity index (χ0v) is 15.7. The summed E-state index contributed by atoms with van der Waals surface area (Å²) in [7, 11) is 0. The van der Waals surface area contributed by atoms with Gasteiger partial charge in [-0.3, -0.25) is 0 Å². The van der Waals surface area contributed by atoms with Gasteiger partial charge in [0.2, 0.25) is 0 Å². The molecule has 0 spiro atoms. The molecular formula is C22H32F2O. The maximum absolute atomic E-state index is 14.5. The molecule has 3 heteroatoms. The van der Waals surface area contributed by atoms with Gasteiger partial charge in [-0.15, -0.1) is 0 Å². The maximum Gasteiger partial charge on any atom is 0.162 e. The molecule has 0 amide bonds. The zero-order valence-electron chi connectivity index (χ0n) is 15.7. The third kappa shape index (κ3) is 4.24. The van der Waals surface area contributed by atoms with Crippen LogP contribution < -0.4 is 0 Å². The second-order valence-electron chi connectivity index (χ2n) is 7.97. The van der Waals surface area contributed by atoms with E-state index >= 15 is 0 Å². The summed E-state index contributed by atoms with van der Waals surface area (Å²) in [6, 6.07) is 3.62. The lowest BCUT2D eigenvalue weighted by atomic mass is 9.76. The van der Waals surface area contributed by atoms with Crippen molar-refractivity contribution >= 4 is 0 Å². The molecule has 1 aromatic rings. The van der Waals surface area contributed by atoms with E-state index in [2.05, 4.69) is 6.92 Å². The predicted octanol–water partition coefficient (Wildman–Crippen LogP) is 6.54. The van der Waals surface area contributed by atoms with E-state index in [0.717, 1.165) is 32.1 Å². The third-order valence-corrected chi connectivity index (χ3v) is 6.20. The molecule has 2 unspecified atom stereocenters.